The van der Waals surface area contributed by atoms with E-state index in [0.29, 0.717) is 5.92 Å². The van der Waals surface area contributed by atoms with Crippen LogP contribution in [0, 0.1) is 5.92 Å². The Morgan fingerprint density at radius 2 is 1.94 bits per heavy atom. The van der Waals surface area contributed by atoms with Crippen molar-refractivity contribution in [3.05, 3.63) is 0 Å². The van der Waals surface area contributed by atoms with Crippen molar-refractivity contribution in [3.63, 3.8) is 0 Å². The molecule has 1 saturated heterocycles. The molecule has 1 aliphatic heterocycles. The normalized spacial score (nSPS) is 21.6. The summed E-state index contributed by atoms with van der Waals surface area (Å²) in [6.45, 7) is 6.91. The van der Waals surface area contributed by atoms with Gasteiger partial charge in [-0.2, -0.15) is 0 Å². The van der Waals surface area contributed by atoms with E-state index in [-0.39, 0.29) is 0 Å². The Kier molecular flexibility index (Phi) is 6.32. The number of nitrogens with two attached hydrogens (primary N) is 1. The van der Waals surface area contributed by atoms with E-state index in [1.54, 1.807) is 0 Å². The Labute approximate surface area is 101 Å². The molecule has 1 heterocycles. The third-order valence-electron chi connectivity index (χ3n) is 3.86. The number of rotatable bonds is 6. The quantitative estimate of drug-likeness (QED) is 0.744. The third-order valence-corrected chi connectivity index (χ3v) is 3.86. The summed E-state index contributed by atoms with van der Waals surface area (Å²) in [5.74, 6) is 0.694. The number of likely N-dealkylation sites (tertiary alicyclic amines) is 1. The van der Waals surface area contributed by atoms with Crippen molar-refractivity contribution < 1.29 is 0 Å². The fourth-order valence-corrected chi connectivity index (χ4v) is 2.44. The summed E-state index contributed by atoms with van der Waals surface area (Å²) < 4.78 is 0. The molecule has 0 amide bonds. The van der Waals surface area contributed by atoms with Gasteiger partial charge >= 0.3 is 0 Å². The summed E-state index contributed by atoms with van der Waals surface area (Å²) in [5.41, 5.74) is 5.62. The van der Waals surface area contributed by atoms with Crippen molar-refractivity contribution in [2.75, 3.05) is 40.3 Å². The van der Waals surface area contributed by atoms with E-state index in [1.807, 2.05) is 0 Å². The van der Waals surface area contributed by atoms with E-state index < -0.39 is 0 Å². The minimum Gasteiger partial charge on any atom is -0.330 e. The molecule has 0 aromatic carbocycles. The van der Waals surface area contributed by atoms with Crippen molar-refractivity contribution >= 4 is 0 Å². The molecule has 0 aliphatic carbocycles. The molecule has 3 heteroatoms. The van der Waals surface area contributed by atoms with Gasteiger partial charge in [0, 0.05) is 6.04 Å². The Morgan fingerprint density at radius 3 is 2.44 bits per heavy atom. The molecule has 0 aromatic heterocycles. The van der Waals surface area contributed by atoms with Crippen LogP contribution in [0.3, 0.4) is 0 Å². The van der Waals surface area contributed by atoms with Crippen LogP contribution >= 0.6 is 0 Å². The predicted octanol–water partition coefficient (Wildman–Crippen LogP) is 1.39. The molecule has 0 aromatic rings. The van der Waals surface area contributed by atoms with Crippen molar-refractivity contribution in [1.29, 1.82) is 0 Å². The fourth-order valence-electron chi connectivity index (χ4n) is 2.44. The van der Waals surface area contributed by atoms with Crippen LogP contribution in [0.15, 0.2) is 0 Å². The van der Waals surface area contributed by atoms with Crippen LogP contribution in [0.4, 0.5) is 0 Å². The van der Waals surface area contributed by atoms with E-state index in [9.17, 15) is 0 Å². The molecule has 0 saturated carbocycles. The third kappa shape index (κ3) is 4.81. The van der Waals surface area contributed by atoms with Crippen LogP contribution in [0.5, 0.6) is 0 Å². The lowest BCUT2D eigenvalue weighted by Gasteiger charge is -2.35. The summed E-state index contributed by atoms with van der Waals surface area (Å²) in [6.07, 6.45) is 5.26. The Morgan fingerprint density at radius 1 is 1.31 bits per heavy atom. The molecular formula is C13H29N3. The van der Waals surface area contributed by atoms with E-state index in [1.165, 1.54) is 45.3 Å². The van der Waals surface area contributed by atoms with Gasteiger partial charge in [-0.05, 0) is 71.9 Å². The van der Waals surface area contributed by atoms with Gasteiger partial charge in [-0.25, -0.2) is 0 Å². The number of hydrogen-bond donors (Lipinski definition) is 1. The highest BCUT2D eigenvalue weighted by Crippen LogP contribution is 2.15. The summed E-state index contributed by atoms with van der Waals surface area (Å²) in [6, 6.07) is 0.805. The van der Waals surface area contributed by atoms with Gasteiger partial charge in [0.05, 0.1) is 0 Å². The van der Waals surface area contributed by atoms with Gasteiger partial charge in [0.15, 0.2) is 0 Å². The first-order valence-corrected chi connectivity index (χ1v) is 6.72. The van der Waals surface area contributed by atoms with Gasteiger partial charge in [-0.1, -0.05) is 6.92 Å². The molecule has 0 spiro atoms. The Balaban J connectivity index is 2.08. The molecule has 1 rings (SSSR count). The lowest BCUT2D eigenvalue weighted by atomic mass is 10.0. The standard InChI is InChI=1S/C13H29N3/c1-12(11-14)5-4-8-16-9-6-13(7-10-16)15(2)3/h12-13H,4-11,14H2,1-3H3. The van der Waals surface area contributed by atoms with Gasteiger partial charge in [0.25, 0.3) is 0 Å². The number of hydrogen-bond acceptors (Lipinski definition) is 3. The molecule has 1 aliphatic rings. The zero-order chi connectivity index (χ0) is 12.0. The Bertz CT molecular complexity index is 174. The van der Waals surface area contributed by atoms with Crippen LogP contribution < -0.4 is 5.73 Å². The van der Waals surface area contributed by atoms with Crippen LogP contribution in [-0.2, 0) is 0 Å². The second-order valence-corrected chi connectivity index (χ2v) is 5.52. The van der Waals surface area contributed by atoms with E-state index in [2.05, 4.69) is 30.8 Å². The average Bonchev–Trinajstić information content (AvgIpc) is 2.29. The lowest BCUT2D eigenvalue weighted by Crippen LogP contribution is -2.42. The molecule has 3 nitrogen and oxygen atoms in total. The minimum atomic E-state index is 0.694. The zero-order valence-corrected chi connectivity index (χ0v) is 11.3. The molecule has 96 valence electrons. The summed E-state index contributed by atoms with van der Waals surface area (Å²) >= 11 is 0. The summed E-state index contributed by atoms with van der Waals surface area (Å²) in [4.78, 5) is 4.98. The first kappa shape index (κ1) is 13.9. The maximum atomic E-state index is 5.62. The Hall–Kier alpha value is -0.120. The van der Waals surface area contributed by atoms with Crippen LogP contribution in [-0.4, -0.2) is 56.1 Å². The monoisotopic (exact) mass is 227 g/mol. The molecule has 0 radical (unpaired) electrons. The van der Waals surface area contributed by atoms with Gasteiger partial charge in [-0.15, -0.1) is 0 Å². The van der Waals surface area contributed by atoms with Crippen LogP contribution in [0.25, 0.3) is 0 Å². The highest BCUT2D eigenvalue weighted by molar-refractivity contribution is 4.76. The number of piperidine rings is 1. The van der Waals surface area contributed by atoms with Crippen LogP contribution in [0.2, 0.25) is 0 Å². The van der Waals surface area contributed by atoms with Gasteiger partial charge in [-0.3, -0.25) is 0 Å². The summed E-state index contributed by atoms with van der Waals surface area (Å²) in [7, 11) is 4.40. The predicted molar refractivity (Wildman–Crippen MR) is 70.6 cm³/mol. The minimum absolute atomic E-state index is 0.694. The van der Waals surface area contributed by atoms with Gasteiger partial charge in [0.1, 0.15) is 0 Å². The molecule has 1 unspecified atom stereocenters. The molecular weight excluding hydrogens is 198 g/mol. The van der Waals surface area contributed by atoms with E-state index >= 15 is 0 Å². The maximum Gasteiger partial charge on any atom is 0.0113 e. The van der Waals surface area contributed by atoms with E-state index in [0.717, 1.165) is 12.6 Å². The van der Waals surface area contributed by atoms with Gasteiger partial charge in [0.2, 0.25) is 0 Å². The average molecular weight is 227 g/mol. The number of nitrogens with zero attached hydrogens (tertiary/aromatic N) is 2. The molecule has 16 heavy (non-hydrogen) atoms. The molecule has 2 N–H and O–H groups in total. The van der Waals surface area contributed by atoms with Crippen molar-refractivity contribution in [2.24, 2.45) is 11.7 Å². The molecule has 0 bridgehead atoms. The second kappa shape index (κ2) is 7.25. The fraction of sp³-hybridized carbons (Fsp3) is 1.00. The molecule has 1 atom stereocenters. The van der Waals surface area contributed by atoms with Crippen molar-refractivity contribution in [3.8, 4) is 0 Å². The van der Waals surface area contributed by atoms with Crippen molar-refractivity contribution in [2.45, 2.75) is 38.6 Å². The highest BCUT2D eigenvalue weighted by Gasteiger charge is 2.19. The maximum absolute atomic E-state index is 5.62. The topological polar surface area (TPSA) is 32.5 Å². The van der Waals surface area contributed by atoms with E-state index in [4.69, 9.17) is 5.73 Å². The SMILES string of the molecule is CC(CN)CCCN1CCC(N(C)C)CC1. The lowest BCUT2D eigenvalue weighted by molar-refractivity contribution is 0.142. The first-order chi connectivity index (χ1) is 7.63. The van der Waals surface area contributed by atoms with Crippen molar-refractivity contribution in [1.82, 2.24) is 9.80 Å². The van der Waals surface area contributed by atoms with Crippen LogP contribution in [0.1, 0.15) is 32.6 Å². The largest absolute Gasteiger partial charge is 0.330 e. The smallest absolute Gasteiger partial charge is 0.0113 e. The summed E-state index contributed by atoms with van der Waals surface area (Å²) in [5, 5.41) is 0. The van der Waals surface area contributed by atoms with Gasteiger partial charge < -0.3 is 15.5 Å². The zero-order valence-electron chi connectivity index (χ0n) is 11.3. The molecule has 1 fully saturated rings. The highest BCUT2D eigenvalue weighted by atomic mass is 15.2. The second-order valence-electron chi connectivity index (χ2n) is 5.52. The first-order valence-electron chi connectivity index (χ1n) is 6.72.